The Labute approximate surface area is 119 Å². The number of aryl methyl sites for hydroxylation is 1. The van der Waals surface area contributed by atoms with Crippen molar-refractivity contribution in [2.75, 3.05) is 24.7 Å². The molecule has 1 fully saturated rings. The lowest BCUT2D eigenvalue weighted by molar-refractivity contribution is 0.104. The summed E-state index contributed by atoms with van der Waals surface area (Å²) in [6.45, 7) is 3.00. The summed E-state index contributed by atoms with van der Waals surface area (Å²) in [5.41, 5.74) is 1.21. The second-order valence-corrected chi connectivity index (χ2v) is 6.25. The van der Waals surface area contributed by atoms with Crippen molar-refractivity contribution in [1.82, 2.24) is 5.32 Å². The van der Waals surface area contributed by atoms with Crippen LogP contribution in [0, 0.1) is 6.92 Å². The first-order valence-electron chi connectivity index (χ1n) is 6.92. The Kier molecular flexibility index (Phi) is 6.01. The summed E-state index contributed by atoms with van der Waals surface area (Å²) < 4.78 is 5.57. The van der Waals surface area contributed by atoms with Crippen LogP contribution < -0.4 is 10.1 Å². The Balaban J connectivity index is 1.63. The molecule has 0 saturated carbocycles. The molecule has 4 heteroatoms. The van der Waals surface area contributed by atoms with Crippen LogP contribution in [0.1, 0.15) is 18.4 Å². The quantitative estimate of drug-likeness (QED) is 0.839. The molecule has 1 aromatic carbocycles. The highest BCUT2D eigenvalue weighted by Gasteiger charge is 2.14. The molecule has 2 N–H and O–H groups in total. The Morgan fingerprint density at radius 1 is 1.42 bits per heavy atom. The molecular weight excluding hydrogens is 258 g/mol. The smallest absolute Gasteiger partial charge is 0.119 e. The predicted molar refractivity (Wildman–Crippen MR) is 81.0 cm³/mol. The maximum absolute atomic E-state index is 9.90. The zero-order chi connectivity index (χ0) is 13.5. The fourth-order valence-corrected chi connectivity index (χ4v) is 3.20. The van der Waals surface area contributed by atoms with Crippen molar-refractivity contribution >= 4 is 11.8 Å². The summed E-state index contributed by atoms with van der Waals surface area (Å²) in [6.07, 6.45) is 2.05. The topological polar surface area (TPSA) is 41.5 Å². The summed E-state index contributed by atoms with van der Waals surface area (Å²) >= 11 is 1.99. The van der Waals surface area contributed by atoms with Crippen LogP contribution in [-0.4, -0.2) is 41.9 Å². The maximum atomic E-state index is 9.90. The van der Waals surface area contributed by atoms with E-state index < -0.39 is 6.10 Å². The molecule has 2 rings (SSSR count). The van der Waals surface area contributed by atoms with Crippen LogP contribution in [0.5, 0.6) is 5.75 Å². The average molecular weight is 281 g/mol. The molecule has 0 bridgehead atoms. The van der Waals surface area contributed by atoms with Crippen molar-refractivity contribution in [3.05, 3.63) is 29.8 Å². The van der Waals surface area contributed by atoms with Gasteiger partial charge in [-0.1, -0.05) is 17.7 Å². The zero-order valence-corrected chi connectivity index (χ0v) is 12.3. The van der Waals surface area contributed by atoms with Crippen molar-refractivity contribution in [3.63, 3.8) is 0 Å². The number of rotatable bonds is 6. The van der Waals surface area contributed by atoms with Crippen molar-refractivity contribution < 1.29 is 9.84 Å². The van der Waals surface area contributed by atoms with E-state index in [1.807, 2.05) is 43.0 Å². The molecule has 19 heavy (non-hydrogen) atoms. The molecule has 0 amide bonds. The number of aliphatic hydroxyl groups excluding tert-OH is 1. The third-order valence-electron chi connectivity index (χ3n) is 3.27. The van der Waals surface area contributed by atoms with Crippen molar-refractivity contribution in [2.24, 2.45) is 0 Å². The van der Waals surface area contributed by atoms with E-state index in [2.05, 4.69) is 5.32 Å². The van der Waals surface area contributed by atoms with Crippen molar-refractivity contribution in [3.8, 4) is 5.75 Å². The number of thioether (sulfide) groups is 1. The number of aliphatic hydroxyl groups is 1. The van der Waals surface area contributed by atoms with Crippen LogP contribution in [0.3, 0.4) is 0 Å². The first kappa shape index (κ1) is 14.7. The second kappa shape index (κ2) is 7.78. The summed E-state index contributed by atoms with van der Waals surface area (Å²) in [7, 11) is 0. The molecule has 1 aliphatic heterocycles. The lowest BCUT2D eigenvalue weighted by atomic mass is 10.2. The molecule has 0 aromatic heterocycles. The molecule has 3 nitrogen and oxygen atoms in total. The minimum Gasteiger partial charge on any atom is -0.491 e. The van der Waals surface area contributed by atoms with Crippen LogP contribution in [-0.2, 0) is 0 Å². The van der Waals surface area contributed by atoms with Gasteiger partial charge < -0.3 is 15.2 Å². The van der Waals surface area contributed by atoms with Gasteiger partial charge >= 0.3 is 0 Å². The minimum absolute atomic E-state index is 0.343. The van der Waals surface area contributed by atoms with Gasteiger partial charge in [0.2, 0.25) is 0 Å². The highest BCUT2D eigenvalue weighted by atomic mass is 32.2. The molecule has 1 heterocycles. The van der Waals surface area contributed by atoms with Gasteiger partial charge in [-0.15, -0.1) is 0 Å². The van der Waals surface area contributed by atoms with Crippen molar-refractivity contribution in [1.29, 1.82) is 0 Å². The Morgan fingerprint density at radius 3 is 2.89 bits per heavy atom. The molecule has 1 aliphatic rings. The van der Waals surface area contributed by atoms with Gasteiger partial charge in [0.15, 0.2) is 0 Å². The molecule has 106 valence electrons. The predicted octanol–water partition coefficient (Wildman–Crippen LogP) is 2.22. The van der Waals surface area contributed by atoms with Crippen molar-refractivity contribution in [2.45, 2.75) is 31.9 Å². The number of nitrogens with one attached hydrogen (secondary N) is 1. The van der Waals surface area contributed by atoms with E-state index in [-0.39, 0.29) is 0 Å². The fourth-order valence-electron chi connectivity index (χ4n) is 2.09. The van der Waals surface area contributed by atoms with Gasteiger partial charge in [-0.05, 0) is 37.7 Å². The van der Waals surface area contributed by atoms with Gasteiger partial charge in [0.05, 0.1) is 0 Å². The molecule has 0 radical (unpaired) electrons. The molecule has 0 spiro atoms. The Hall–Kier alpha value is -0.710. The van der Waals surface area contributed by atoms with E-state index in [1.165, 1.54) is 24.2 Å². The van der Waals surface area contributed by atoms with E-state index >= 15 is 0 Å². The molecule has 2 unspecified atom stereocenters. The number of benzene rings is 1. The summed E-state index contributed by atoms with van der Waals surface area (Å²) in [4.78, 5) is 0. The van der Waals surface area contributed by atoms with E-state index in [0.29, 0.717) is 19.2 Å². The summed E-state index contributed by atoms with van der Waals surface area (Å²) in [5, 5.41) is 13.3. The summed E-state index contributed by atoms with van der Waals surface area (Å²) in [5.74, 6) is 3.25. The monoisotopic (exact) mass is 281 g/mol. The molecule has 1 aromatic rings. The van der Waals surface area contributed by atoms with Crippen LogP contribution >= 0.6 is 11.8 Å². The average Bonchev–Trinajstić information content (AvgIpc) is 2.45. The largest absolute Gasteiger partial charge is 0.491 e. The lowest BCUT2D eigenvalue weighted by Gasteiger charge is -2.24. The fraction of sp³-hybridized carbons (Fsp3) is 0.600. The van der Waals surface area contributed by atoms with Gasteiger partial charge in [0.1, 0.15) is 18.5 Å². The SMILES string of the molecule is Cc1ccc(OCC(O)CNC2CCCSC2)cc1. The van der Waals surface area contributed by atoms with Gasteiger partial charge in [0.25, 0.3) is 0 Å². The third kappa shape index (κ3) is 5.43. The van der Waals surface area contributed by atoms with Crippen LogP contribution in [0.15, 0.2) is 24.3 Å². The standard InChI is InChI=1S/C15H23NO2S/c1-12-4-6-15(7-5-12)18-10-14(17)9-16-13-3-2-8-19-11-13/h4-7,13-14,16-17H,2-3,8-11H2,1H3. The minimum atomic E-state index is -0.451. The van der Waals surface area contributed by atoms with E-state index in [9.17, 15) is 5.11 Å². The molecule has 1 saturated heterocycles. The van der Waals surface area contributed by atoms with Gasteiger partial charge in [-0.3, -0.25) is 0 Å². The van der Waals surface area contributed by atoms with E-state index in [1.54, 1.807) is 0 Å². The summed E-state index contributed by atoms with van der Waals surface area (Å²) in [6, 6.07) is 8.45. The normalized spacial score (nSPS) is 21.1. The van der Waals surface area contributed by atoms with Crippen LogP contribution in [0.25, 0.3) is 0 Å². The van der Waals surface area contributed by atoms with Gasteiger partial charge in [-0.25, -0.2) is 0 Å². The molecule has 0 aliphatic carbocycles. The van der Waals surface area contributed by atoms with E-state index in [0.717, 1.165) is 11.5 Å². The number of ether oxygens (including phenoxy) is 1. The highest BCUT2D eigenvalue weighted by Crippen LogP contribution is 2.16. The highest BCUT2D eigenvalue weighted by molar-refractivity contribution is 7.99. The second-order valence-electron chi connectivity index (χ2n) is 5.10. The molecular formula is C15H23NO2S. The number of hydrogen-bond donors (Lipinski definition) is 2. The Bertz CT molecular complexity index is 363. The first-order valence-corrected chi connectivity index (χ1v) is 8.08. The lowest BCUT2D eigenvalue weighted by Crippen LogP contribution is -2.40. The molecule has 2 atom stereocenters. The number of hydrogen-bond acceptors (Lipinski definition) is 4. The maximum Gasteiger partial charge on any atom is 0.119 e. The van der Waals surface area contributed by atoms with E-state index in [4.69, 9.17) is 4.74 Å². The zero-order valence-electron chi connectivity index (χ0n) is 11.5. The Morgan fingerprint density at radius 2 is 2.21 bits per heavy atom. The van der Waals surface area contributed by atoms with Gasteiger partial charge in [-0.2, -0.15) is 11.8 Å². The van der Waals surface area contributed by atoms with Crippen LogP contribution in [0.4, 0.5) is 0 Å². The third-order valence-corrected chi connectivity index (χ3v) is 4.48. The van der Waals surface area contributed by atoms with Crippen LogP contribution in [0.2, 0.25) is 0 Å². The van der Waals surface area contributed by atoms with Gasteiger partial charge in [0, 0.05) is 18.3 Å². The first-order chi connectivity index (χ1) is 9.24.